The predicted octanol–water partition coefficient (Wildman–Crippen LogP) is 1.05. The standard InChI is InChI=1S/C14H16N4O3/c1-9-12(19)18(14(21)16-9)11-5-2-4-10(8-11)17-7-3-6-15-13(17)20/h2,4-5,8-9H,3,6-7H2,1H3,(H,15,20)(H,16,21). The Kier molecular flexibility index (Phi) is 3.25. The van der Waals surface area contributed by atoms with E-state index in [0.717, 1.165) is 11.3 Å². The summed E-state index contributed by atoms with van der Waals surface area (Å²) in [5, 5.41) is 5.34. The summed E-state index contributed by atoms with van der Waals surface area (Å²) in [5.41, 5.74) is 1.14. The molecule has 1 aromatic carbocycles. The number of urea groups is 2. The van der Waals surface area contributed by atoms with Gasteiger partial charge in [0.05, 0.1) is 5.69 Å². The van der Waals surface area contributed by atoms with Gasteiger partial charge < -0.3 is 10.6 Å². The average Bonchev–Trinajstić information content (AvgIpc) is 2.73. The highest BCUT2D eigenvalue weighted by Crippen LogP contribution is 2.26. The highest BCUT2D eigenvalue weighted by atomic mass is 16.2. The molecule has 3 rings (SSSR count). The molecule has 1 unspecified atom stereocenters. The zero-order chi connectivity index (χ0) is 15.0. The molecule has 0 aliphatic carbocycles. The summed E-state index contributed by atoms with van der Waals surface area (Å²) in [6, 6.07) is 5.75. The molecule has 1 atom stereocenters. The SMILES string of the molecule is CC1NC(=O)N(c2cccc(N3CCCNC3=O)c2)C1=O. The monoisotopic (exact) mass is 288 g/mol. The van der Waals surface area contributed by atoms with E-state index in [1.807, 2.05) is 0 Å². The van der Waals surface area contributed by atoms with E-state index >= 15 is 0 Å². The summed E-state index contributed by atoms with van der Waals surface area (Å²) >= 11 is 0. The Labute approximate surface area is 121 Å². The van der Waals surface area contributed by atoms with Gasteiger partial charge in [-0.3, -0.25) is 9.69 Å². The molecule has 2 fully saturated rings. The maximum Gasteiger partial charge on any atom is 0.329 e. The van der Waals surface area contributed by atoms with E-state index in [1.165, 1.54) is 0 Å². The van der Waals surface area contributed by atoms with Crippen LogP contribution in [0.2, 0.25) is 0 Å². The molecule has 1 aromatic rings. The van der Waals surface area contributed by atoms with Crippen molar-refractivity contribution in [1.29, 1.82) is 0 Å². The number of nitrogens with one attached hydrogen (secondary N) is 2. The third kappa shape index (κ3) is 2.31. The lowest BCUT2D eigenvalue weighted by atomic mass is 10.2. The Morgan fingerprint density at radius 1 is 1.14 bits per heavy atom. The number of hydrogen-bond acceptors (Lipinski definition) is 3. The molecule has 2 heterocycles. The molecule has 7 nitrogen and oxygen atoms in total. The molecule has 0 radical (unpaired) electrons. The molecule has 7 heteroatoms. The van der Waals surface area contributed by atoms with Crippen LogP contribution in [0.3, 0.4) is 0 Å². The first-order chi connectivity index (χ1) is 10.1. The van der Waals surface area contributed by atoms with Crippen LogP contribution in [0.25, 0.3) is 0 Å². The summed E-state index contributed by atoms with van der Waals surface area (Å²) in [7, 11) is 0. The second-order valence-electron chi connectivity index (χ2n) is 5.10. The van der Waals surface area contributed by atoms with Crippen molar-refractivity contribution in [2.24, 2.45) is 0 Å². The first-order valence-corrected chi connectivity index (χ1v) is 6.88. The van der Waals surface area contributed by atoms with Gasteiger partial charge in [-0.1, -0.05) is 6.07 Å². The number of carbonyl (C=O) groups is 3. The van der Waals surface area contributed by atoms with Gasteiger partial charge in [0.1, 0.15) is 6.04 Å². The van der Waals surface area contributed by atoms with Gasteiger partial charge in [0.25, 0.3) is 5.91 Å². The van der Waals surface area contributed by atoms with Crippen molar-refractivity contribution >= 4 is 29.3 Å². The van der Waals surface area contributed by atoms with Crippen LogP contribution in [-0.4, -0.2) is 37.1 Å². The van der Waals surface area contributed by atoms with Crippen molar-refractivity contribution in [1.82, 2.24) is 10.6 Å². The summed E-state index contributed by atoms with van der Waals surface area (Å²) in [6.45, 7) is 2.92. The van der Waals surface area contributed by atoms with Crippen molar-refractivity contribution in [3.05, 3.63) is 24.3 Å². The molecule has 2 aliphatic rings. The molecule has 0 bridgehead atoms. The quantitative estimate of drug-likeness (QED) is 0.798. The van der Waals surface area contributed by atoms with Crippen molar-refractivity contribution in [3.8, 4) is 0 Å². The average molecular weight is 288 g/mol. The minimum absolute atomic E-state index is 0.163. The number of anilines is 2. The van der Waals surface area contributed by atoms with Crippen molar-refractivity contribution < 1.29 is 14.4 Å². The van der Waals surface area contributed by atoms with Gasteiger partial charge in [-0.2, -0.15) is 0 Å². The number of benzene rings is 1. The Morgan fingerprint density at radius 2 is 1.90 bits per heavy atom. The molecule has 0 saturated carbocycles. The number of carbonyl (C=O) groups excluding carboxylic acids is 3. The molecule has 21 heavy (non-hydrogen) atoms. The number of rotatable bonds is 2. The summed E-state index contributed by atoms with van der Waals surface area (Å²) < 4.78 is 0. The molecule has 5 amide bonds. The summed E-state index contributed by atoms with van der Waals surface area (Å²) in [5.74, 6) is -0.291. The first-order valence-electron chi connectivity index (χ1n) is 6.88. The van der Waals surface area contributed by atoms with Gasteiger partial charge in [0, 0.05) is 18.8 Å². The van der Waals surface area contributed by atoms with Crippen LogP contribution in [0.4, 0.5) is 21.0 Å². The van der Waals surface area contributed by atoms with E-state index in [0.29, 0.717) is 24.5 Å². The number of nitrogens with zero attached hydrogens (tertiary/aromatic N) is 2. The normalized spacial score (nSPS) is 22.3. The van der Waals surface area contributed by atoms with Gasteiger partial charge in [-0.15, -0.1) is 0 Å². The summed E-state index contributed by atoms with van der Waals surface area (Å²) in [6.07, 6.45) is 0.857. The first kappa shape index (κ1) is 13.4. The largest absolute Gasteiger partial charge is 0.338 e. The lowest BCUT2D eigenvalue weighted by molar-refractivity contribution is -0.117. The fraction of sp³-hybridized carbons (Fsp3) is 0.357. The van der Waals surface area contributed by atoms with Crippen molar-refractivity contribution in [2.75, 3.05) is 22.9 Å². The van der Waals surface area contributed by atoms with Crippen LogP contribution in [0, 0.1) is 0 Å². The van der Waals surface area contributed by atoms with E-state index in [-0.39, 0.29) is 11.9 Å². The fourth-order valence-corrected chi connectivity index (χ4v) is 2.53. The van der Waals surface area contributed by atoms with Crippen LogP contribution in [0.15, 0.2) is 24.3 Å². The van der Waals surface area contributed by atoms with Crippen molar-refractivity contribution in [3.63, 3.8) is 0 Å². The molecule has 110 valence electrons. The van der Waals surface area contributed by atoms with Crippen LogP contribution >= 0.6 is 0 Å². The highest BCUT2D eigenvalue weighted by molar-refractivity contribution is 6.21. The zero-order valence-electron chi connectivity index (χ0n) is 11.6. The lowest BCUT2D eigenvalue weighted by Crippen LogP contribution is -2.46. The number of amides is 5. The van der Waals surface area contributed by atoms with Crippen LogP contribution in [-0.2, 0) is 4.79 Å². The van der Waals surface area contributed by atoms with Gasteiger partial charge in [-0.05, 0) is 31.5 Å². The Hall–Kier alpha value is -2.57. The maximum atomic E-state index is 12.0. The molecule has 0 spiro atoms. The molecule has 2 N–H and O–H groups in total. The number of imide groups is 1. The van der Waals surface area contributed by atoms with Crippen LogP contribution in [0.5, 0.6) is 0 Å². The van der Waals surface area contributed by atoms with Gasteiger partial charge in [0.15, 0.2) is 0 Å². The lowest BCUT2D eigenvalue weighted by Gasteiger charge is -2.28. The van der Waals surface area contributed by atoms with Crippen LogP contribution < -0.4 is 20.4 Å². The molecule has 2 aliphatic heterocycles. The Bertz CT molecular complexity index is 616. The minimum atomic E-state index is -0.528. The zero-order valence-corrected chi connectivity index (χ0v) is 11.6. The number of hydrogen-bond donors (Lipinski definition) is 2. The topological polar surface area (TPSA) is 81.8 Å². The molecular weight excluding hydrogens is 272 g/mol. The van der Waals surface area contributed by atoms with E-state index in [2.05, 4.69) is 10.6 Å². The fourth-order valence-electron chi connectivity index (χ4n) is 2.53. The van der Waals surface area contributed by atoms with Gasteiger partial charge >= 0.3 is 12.1 Å². The molecular formula is C14H16N4O3. The Balaban J connectivity index is 1.91. The predicted molar refractivity (Wildman–Crippen MR) is 77.3 cm³/mol. The second-order valence-corrected chi connectivity index (χ2v) is 5.10. The van der Waals surface area contributed by atoms with Gasteiger partial charge in [0.2, 0.25) is 0 Å². The van der Waals surface area contributed by atoms with E-state index in [4.69, 9.17) is 0 Å². The van der Waals surface area contributed by atoms with E-state index in [1.54, 1.807) is 36.1 Å². The minimum Gasteiger partial charge on any atom is -0.338 e. The smallest absolute Gasteiger partial charge is 0.329 e. The Morgan fingerprint density at radius 3 is 2.57 bits per heavy atom. The third-order valence-corrected chi connectivity index (χ3v) is 3.61. The second kappa shape index (κ2) is 5.08. The van der Waals surface area contributed by atoms with Crippen molar-refractivity contribution in [2.45, 2.75) is 19.4 Å². The van der Waals surface area contributed by atoms with Gasteiger partial charge in [-0.25, -0.2) is 14.5 Å². The summed E-state index contributed by atoms with van der Waals surface area (Å²) in [4.78, 5) is 38.4. The highest BCUT2D eigenvalue weighted by Gasteiger charge is 2.36. The maximum absolute atomic E-state index is 12.0. The third-order valence-electron chi connectivity index (χ3n) is 3.61. The van der Waals surface area contributed by atoms with E-state index < -0.39 is 12.1 Å². The van der Waals surface area contributed by atoms with Crippen LogP contribution in [0.1, 0.15) is 13.3 Å². The molecule has 0 aromatic heterocycles. The van der Waals surface area contributed by atoms with E-state index in [9.17, 15) is 14.4 Å². The molecule has 2 saturated heterocycles.